The summed E-state index contributed by atoms with van der Waals surface area (Å²) in [5.74, 6) is -3.62. The Morgan fingerprint density at radius 3 is 2.17 bits per heavy atom. The van der Waals surface area contributed by atoms with E-state index >= 15 is 0 Å². The van der Waals surface area contributed by atoms with Crippen LogP contribution in [0, 0.1) is 0 Å². The maximum absolute atomic E-state index is 12.0. The minimum atomic E-state index is -1.51. The van der Waals surface area contributed by atoms with Crippen molar-refractivity contribution in [1.82, 2.24) is 16.0 Å². The number of aliphatic hydroxyl groups excluding tert-OH is 1. The van der Waals surface area contributed by atoms with Crippen molar-refractivity contribution in [3.05, 3.63) is 29.8 Å². The number of carboxylic acid groups (broad SMARTS) is 1. The highest BCUT2D eigenvalue weighted by Crippen LogP contribution is 2.10. The van der Waals surface area contributed by atoms with Gasteiger partial charge in [0.25, 0.3) is 0 Å². The monoisotopic (exact) mass is 428 g/mol. The molecule has 0 aliphatic heterocycles. The van der Waals surface area contributed by atoms with Crippen LogP contribution in [0.4, 0.5) is 0 Å². The number of phenols is 1. The normalized spacial score (nSPS) is 13.6. The zero-order valence-corrected chi connectivity index (χ0v) is 16.3. The standard InChI is InChI=1S/C17H24N4O7S/c18-11(5-9-1-3-10(23)4-2-9)15(25)19-6-14(24)20-13(8-29)16(26)21-12(7-22)17(27)28/h1-4,11-13,22-23,29H,5-8,18H2,(H,19,25)(H,20,24)(H,21,26)(H,27,28). The molecule has 160 valence electrons. The van der Waals surface area contributed by atoms with Crippen molar-refractivity contribution in [2.45, 2.75) is 24.5 Å². The number of hydrogen-bond donors (Lipinski definition) is 8. The van der Waals surface area contributed by atoms with Gasteiger partial charge in [-0.2, -0.15) is 12.6 Å². The van der Waals surface area contributed by atoms with Gasteiger partial charge in [-0.05, 0) is 24.1 Å². The Balaban J connectivity index is 2.48. The lowest BCUT2D eigenvalue weighted by atomic mass is 10.1. The lowest BCUT2D eigenvalue weighted by Crippen LogP contribution is -2.55. The van der Waals surface area contributed by atoms with Crippen molar-refractivity contribution in [2.75, 3.05) is 18.9 Å². The molecular formula is C17H24N4O7S. The number of aliphatic hydroxyl groups is 1. The zero-order chi connectivity index (χ0) is 22.0. The average molecular weight is 428 g/mol. The van der Waals surface area contributed by atoms with Gasteiger partial charge >= 0.3 is 5.97 Å². The van der Waals surface area contributed by atoms with Crippen LogP contribution in [0.25, 0.3) is 0 Å². The number of carbonyl (C=O) groups is 4. The Labute approximate surface area is 172 Å². The number of nitrogens with one attached hydrogen (secondary N) is 3. The maximum atomic E-state index is 12.0. The van der Waals surface area contributed by atoms with Gasteiger partial charge < -0.3 is 37.0 Å². The highest BCUT2D eigenvalue weighted by atomic mass is 32.1. The first-order valence-corrected chi connectivity index (χ1v) is 9.16. The summed E-state index contributed by atoms with van der Waals surface area (Å²) in [7, 11) is 0. The van der Waals surface area contributed by atoms with Gasteiger partial charge in [0.05, 0.1) is 19.2 Å². The lowest BCUT2D eigenvalue weighted by molar-refractivity contribution is -0.143. The fourth-order valence-corrected chi connectivity index (χ4v) is 2.43. The molecule has 12 heteroatoms. The van der Waals surface area contributed by atoms with Crippen molar-refractivity contribution in [1.29, 1.82) is 0 Å². The summed E-state index contributed by atoms with van der Waals surface area (Å²) in [5, 5.41) is 33.7. The molecule has 11 nitrogen and oxygen atoms in total. The predicted molar refractivity (Wildman–Crippen MR) is 105 cm³/mol. The van der Waals surface area contributed by atoms with Crippen LogP contribution in [0.5, 0.6) is 5.75 Å². The minimum Gasteiger partial charge on any atom is -0.508 e. The molecule has 0 bridgehead atoms. The summed E-state index contributed by atoms with van der Waals surface area (Å²) in [4.78, 5) is 46.8. The molecule has 0 saturated carbocycles. The van der Waals surface area contributed by atoms with Gasteiger partial charge in [-0.3, -0.25) is 14.4 Å². The van der Waals surface area contributed by atoms with Crippen molar-refractivity contribution in [3.8, 4) is 5.75 Å². The largest absolute Gasteiger partial charge is 0.508 e. The molecular weight excluding hydrogens is 404 g/mol. The number of nitrogens with two attached hydrogens (primary N) is 1. The van der Waals surface area contributed by atoms with E-state index in [2.05, 4.69) is 28.6 Å². The quantitative estimate of drug-likeness (QED) is 0.175. The molecule has 0 aromatic heterocycles. The van der Waals surface area contributed by atoms with Crippen molar-refractivity contribution in [2.24, 2.45) is 5.73 Å². The highest BCUT2D eigenvalue weighted by Gasteiger charge is 2.25. The lowest BCUT2D eigenvalue weighted by Gasteiger charge is -2.19. The smallest absolute Gasteiger partial charge is 0.328 e. The van der Waals surface area contributed by atoms with Gasteiger partial charge in [-0.1, -0.05) is 12.1 Å². The Kier molecular flexibility index (Phi) is 9.92. The van der Waals surface area contributed by atoms with Crippen LogP contribution in [0.15, 0.2) is 24.3 Å². The van der Waals surface area contributed by atoms with Gasteiger partial charge in [-0.15, -0.1) is 0 Å². The number of rotatable bonds is 11. The summed E-state index contributed by atoms with van der Waals surface area (Å²) in [6.45, 7) is -1.27. The molecule has 0 aliphatic carbocycles. The van der Waals surface area contributed by atoms with Crippen LogP contribution in [-0.2, 0) is 25.6 Å². The van der Waals surface area contributed by atoms with Crippen molar-refractivity contribution < 1.29 is 34.5 Å². The molecule has 8 N–H and O–H groups in total. The first kappa shape index (κ1) is 24.2. The third-order valence-corrected chi connectivity index (χ3v) is 4.15. The Hall–Kier alpha value is -2.83. The van der Waals surface area contributed by atoms with Crippen LogP contribution in [0.1, 0.15) is 5.56 Å². The highest BCUT2D eigenvalue weighted by molar-refractivity contribution is 7.80. The Morgan fingerprint density at radius 2 is 1.66 bits per heavy atom. The van der Waals surface area contributed by atoms with Gasteiger partial charge in [-0.25, -0.2) is 4.79 Å². The van der Waals surface area contributed by atoms with E-state index in [1.54, 1.807) is 12.1 Å². The SMILES string of the molecule is NC(Cc1ccc(O)cc1)C(=O)NCC(=O)NC(CS)C(=O)NC(CO)C(=O)O. The summed E-state index contributed by atoms with van der Waals surface area (Å²) in [5.41, 5.74) is 6.51. The molecule has 29 heavy (non-hydrogen) atoms. The predicted octanol–water partition coefficient (Wildman–Crippen LogP) is -2.65. The van der Waals surface area contributed by atoms with E-state index in [9.17, 15) is 24.3 Å². The second-order valence-electron chi connectivity index (χ2n) is 6.08. The first-order valence-electron chi connectivity index (χ1n) is 8.53. The third kappa shape index (κ3) is 8.37. The van der Waals surface area contributed by atoms with E-state index in [4.69, 9.17) is 15.9 Å². The summed E-state index contributed by atoms with van der Waals surface area (Å²) in [6, 6.07) is 2.53. The Morgan fingerprint density at radius 1 is 1.03 bits per heavy atom. The molecule has 3 amide bonds. The van der Waals surface area contributed by atoms with Crippen molar-refractivity contribution >= 4 is 36.3 Å². The second-order valence-corrected chi connectivity index (χ2v) is 6.44. The van der Waals surface area contributed by atoms with Crippen LogP contribution < -0.4 is 21.7 Å². The molecule has 3 atom stereocenters. The molecule has 0 saturated heterocycles. The van der Waals surface area contributed by atoms with Gasteiger partial charge in [0.15, 0.2) is 0 Å². The number of phenolic OH excluding ortho intramolecular Hbond substituents is 1. The molecule has 0 aliphatic rings. The van der Waals surface area contributed by atoms with Crippen LogP contribution >= 0.6 is 12.6 Å². The van der Waals surface area contributed by atoms with E-state index in [1.807, 2.05) is 0 Å². The molecule has 0 heterocycles. The number of carbonyl (C=O) groups excluding carboxylic acids is 3. The third-order valence-electron chi connectivity index (χ3n) is 3.78. The Bertz CT molecular complexity index is 729. The van der Waals surface area contributed by atoms with Gasteiger partial charge in [0.1, 0.15) is 17.8 Å². The minimum absolute atomic E-state index is 0.0832. The van der Waals surface area contributed by atoms with Gasteiger partial charge in [0, 0.05) is 5.75 Å². The van der Waals surface area contributed by atoms with E-state index in [0.717, 1.165) is 5.56 Å². The number of thiol groups is 1. The number of aromatic hydroxyl groups is 1. The molecule has 3 unspecified atom stereocenters. The number of benzene rings is 1. The molecule has 1 aromatic carbocycles. The van der Waals surface area contributed by atoms with E-state index < -0.39 is 55.0 Å². The summed E-state index contributed by atoms with van der Waals surface area (Å²) in [6.07, 6.45) is 0.188. The summed E-state index contributed by atoms with van der Waals surface area (Å²) < 4.78 is 0. The fourth-order valence-electron chi connectivity index (χ4n) is 2.17. The van der Waals surface area contributed by atoms with E-state index in [-0.39, 0.29) is 17.9 Å². The zero-order valence-electron chi connectivity index (χ0n) is 15.4. The number of carboxylic acids is 1. The molecule has 0 radical (unpaired) electrons. The first-order chi connectivity index (χ1) is 13.7. The molecule has 0 fully saturated rings. The topological polar surface area (TPSA) is 191 Å². The fraction of sp³-hybridized carbons (Fsp3) is 0.412. The molecule has 0 spiro atoms. The van der Waals surface area contributed by atoms with Gasteiger partial charge in [0.2, 0.25) is 17.7 Å². The number of amides is 3. The van der Waals surface area contributed by atoms with E-state index in [0.29, 0.717) is 0 Å². The summed E-state index contributed by atoms with van der Waals surface area (Å²) >= 11 is 3.93. The number of hydrogen-bond acceptors (Lipinski definition) is 8. The maximum Gasteiger partial charge on any atom is 0.328 e. The van der Waals surface area contributed by atoms with Crippen LogP contribution in [0.2, 0.25) is 0 Å². The van der Waals surface area contributed by atoms with Crippen molar-refractivity contribution in [3.63, 3.8) is 0 Å². The second kappa shape index (κ2) is 11.9. The average Bonchev–Trinajstić information content (AvgIpc) is 2.69. The van der Waals surface area contributed by atoms with Crippen LogP contribution in [0.3, 0.4) is 0 Å². The number of aliphatic carboxylic acids is 1. The van der Waals surface area contributed by atoms with Crippen LogP contribution in [-0.4, -0.2) is 76.0 Å². The molecule has 1 rings (SSSR count). The molecule has 1 aromatic rings. The van der Waals surface area contributed by atoms with E-state index in [1.165, 1.54) is 12.1 Å².